The third-order valence-corrected chi connectivity index (χ3v) is 2.71. The number of H-pyrrole nitrogens is 1. The van der Waals surface area contributed by atoms with Crippen LogP contribution in [-0.2, 0) is 0 Å². The first-order chi connectivity index (χ1) is 8.60. The van der Waals surface area contributed by atoms with Gasteiger partial charge in [0.15, 0.2) is 0 Å². The molecule has 1 unspecified atom stereocenters. The highest BCUT2D eigenvalue weighted by Gasteiger charge is 2.22. The van der Waals surface area contributed by atoms with Crippen LogP contribution in [0.15, 0.2) is 6.20 Å². The lowest BCUT2D eigenvalue weighted by Gasteiger charge is -2.13. The number of nitrogens with zero attached hydrogens (tertiary/aromatic N) is 2. The molecule has 1 amide bonds. The summed E-state index contributed by atoms with van der Waals surface area (Å²) in [6.45, 7) is 2.37. The Kier molecular flexibility index (Phi) is 5.25. The Hall–Kier alpha value is -1.96. The summed E-state index contributed by atoms with van der Waals surface area (Å²) in [5, 5.41) is 27.8. The Morgan fingerprint density at radius 2 is 2.44 bits per heavy atom. The summed E-state index contributed by atoms with van der Waals surface area (Å²) in [6, 6.07) is 0. The van der Waals surface area contributed by atoms with Crippen molar-refractivity contribution in [2.45, 2.75) is 19.8 Å². The van der Waals surface area contributed by atoms with Crippen LogP contribution in [0, 0.1) is 16.0 Å². The third kappa shape index (κ3) is 3.52. The molecule has 0 bridgehead atoms. The van der Waals surface area contributed by atoms with E-state index in [9.17, 15) is 14.9 Å². The van der Waals surface area contributed by atoms with E-state index in [-0.39, 0.29) is 23.9 Å². The van der Waals surface area contributed by atoms with Gasteiger partial charge >= 0.3 is 5.69 Å². The summed E-state index contributed by atoms with van der Waals surface area (Å²) in [6.07, 6.45) is 2.40. The number of carbonyl (C=O) groups excluding carboxylic acids is 1. The van der Waals surface area contributed by atoms with Crippen molar-refractivity contribution in [2.24, 2.45) is 5.92 Å². The molecule has 0 aliphatic rings. The largest absolute Gasteiger partial charge is 0.396 e. The van der Waals surface area contributed by atoms with Gasteiger partial charge in [0.05, 0.1) is 4.92 Å². The molecule has 0 aliphatic carbocycles. The number of nitro groups is 1. The normalized spacial score (nSPS) is 12.1. The van der Waals surface area contributed by atoms with Gasteiger partial charge in [0.1, 0.15) is 6.20 Å². The van der Waals surface area contributed by atoms with Gasteiger partial charge in [0, 0.05) is 13.2 Å². The number of rotatable bonds is 7. The molecular weight excluding hydrogens is 240 g/mol. The van der Waals surface area contributed by atoms with Gasteiger partial charge < -0.3 is 10.4 Å². The lowest BCUT2D eigenvalue weighted by Crippen LogP contribution is -2.30. The molecule has 0 spiro atoms. The van der Waals surface area contributed by atoms with Gasteiger partial charge in [-0.05, 0) is 12.3 Å². The monoisotopic (exact) mass is 256 g/mol. The van der Waals surface area contributed by atoms with Gasteiger partial charge in [0.2, 0.25) is 5.69 Å². The van der Waals surface area contributed by atoms with E-state index in [4.69, 9.17) is 5.11 Å². The van der Waals surface area contributed by atoms with E-state index in [1.807, 2.05) is 6.92 Å². The standard InChI is InChI=1S/C10H16N4O4/c1-2-7(3-4-15)5-11-10(16)9-8(14(17)18)6-12-13-9/h6-7,15H,2-5H2,1H3,(H,11,16)(H,12,13). The van der Waals surface area contributed by atoms with E-state index in [2.05, 4.69) is 15.5 Å². The number of aliphatic hydroxyl groups excluding tert-OH is 1. The van der Waals surface area contributed by atoms with Crippen molar-refractivity contribution in [1.29, 1.82) is 0 Å². The lowest BCUT2D eigenvalue weighted by molar-refractivity contribution is -0.385. The average molecular weight is 256 g/mol. The van der Waals surface area contributed by atoms with Crippen molar-refractivity contribution < 1.29 is 14.8 Å². The van der Waals surface area contributed by atoms with Crippen molar-refractivity contribution in [2.75, 3.05) is 13.2 Å². The van der Waals surface area contributed by atoms with Crippen LogP contribution >= 0.6 is 0 Å². The van der Waals surface area contributed by atoms with Gasteiger partial charge in [-0.3, -0.25) is 20.0 Å². The zero-order chi connectivity index (χ0) is 13.5. The molecule has 1 atom stereocenters. The highest BCUT2D eigenvalue weighted by atomic mass is 16.6. The summed E-state index contributed by atoms with van der Waals surface area (Å²) < 4.78 is 0. The average Bonchev–Trinajstić information content (AvgIpc) is 2.83. The Morgan fingerprint density at radius 1 is 1.72 bits per heavy atom. The van der Waals surface area contributed by atoms with Crippen LogP contribution in [0.3, 0.4) is 0 Å². The number of amides is 1. The van der Waals surface area contributed by atoms with E-state index in [0.29, 0.717) is 13.0 Å². The molecule has 1 aromatic heterocycles. The minimum Gasteiger partial charge on any atom is -0.396 e. The van der Waals surface area contributed by atoms with Crippen molar-refractivity contribution in [3.63, 3.8) is 0 Å². The highest BCUT2D eigenvalue weighted by Crippen LogP contribution is 2.14. The number of carbonyl (C=O) groups is 1. The first-order valence-electron chi connectivity index (χ1n) is 5.66. The van der Waals surface area contributed by atoms with Crippen LogP contribution in [-0.4, -0.2) is 39.3 Å². The summed E-state index contributed by atoms with van der Waals surface area (Å²) in [5.41, 5.74) is -0.499. The van der Waals surface area contributed by atoms with Crippen LogP contribution in [0.25, 0.3) is 0 Å². The Bertz CT molecular complexity index is 418. The zero-order valence-corrected chi connectivity index (χ0v) is 10.0. The number of hydrogen-bond donors (Lipinski definition) is 3. The fourth-order valence-electron chi connectivity index (χ4n) is 1.54. The highest BCUT2D eigenvalue weighted by molar-refractivity contribution is 5.95. The predicted octanol–water partition coefficient (Wildman–Crippen LogP) is 0.456. The van der Waals surface area contributed by atoms with E-state index in [0.717, 1.165) is 12.6 Å². The maximum Gasteiger partial charge on any atom is 0.319 e. The van der Waals surface area contributed by atoms with E-state index < -0.39 is 10.8 Å². The number of nitrogens with one attached hydrogen (secondary N) is 2. The van der Waals surface area contributed by atoms with Crippen LogP contribution in [0.4, 0.5) is 5.69 Å². The minimum atomic E-state index is -0.663. The molecule has 0 radical (unpaired) electrons. The molecule has 0 fully saturated rings. The second kappa shape index (κ2) is 6.70. The quantitative estimate of drug-likeness (QED) is 0.483. The molecule has 1 aromatic rings. The molecule has 1 rings (SSSR count). The number of aromatic nitrogens is 2. The fourth-order valence-corrected chi connectivity index (χ4v) is 1.54. The Labute approximate surface area is 104 Å². The SMILES string of the molecule is CCC(CCO)CNC(=O)c1[nH]ncc1[N+](=O)[O-]. The topological polar surface area (TPSA) is 121 Å². The summed E-state index contributed by atoms with van der Waals surface area (Å²) in [5.74, 6) is -0.406. The fraction of sp³-hybridized carbons (Fsp3) is 0.600. The summed E-state index contributed by atoms with van der Waals surface area (Å²) in [7, 11) is 0. The van der Waals surface area contributed by atoms with Crippen molar-refractivity contribution in [1.82, 2.24) is 15.5 Å². The van der Waals surface area contributed by atoms with Gasteiger partial charge in [0.25, 0.3) is 5.91 Å². The maximum atomic E-state index is 11.7. The van der Waals surface area contributed by atoms with E-state index in [1.165, 1.54) is 0 Å². The lowest BCUT2D eigenvalue weighted by atomic mass is 10.0. The second-order valence-electron chi connectivity index (χ2n) is 3.88. The second-order valence-corrected chi connectivity index (χ2v) is 3.88. The summed E-state index contributed by atoms with van der Waals surface area (Å²) in [4.78, 5) is 21.7. The van der Waals surface area contributed by atoms with Crippen LogP contribution in [0.5, 0.6) is 0 Å². The number of hydrogen-bond acceptors (Lipinski definition) is 5. The molecule has 0 aliphatic heterocycles. The third-order valence-electron chi connectivity index (χ3n) is 2.71. The number of aromatic amines is 1. The molecule has 8 heteroatoms. The zero-order valence-electron chi connectivity index (χ0n) is 10.0. The minimum absolute atomic E-state index is 0.0541. The van der Waals surface area contributed by atoms with E-state index in [1.54, 1.807) is 0 Å². The first-order valence-corrected chi connectivity index (χ1v) is 5.66. The van der Waals surface area contributed by atoms with Crippen molar-refractivity contribution >= 4 is 11.6 Å². The van der Waals surface area contributed by atoms with Gasteiger partial charge in [-0.1, -0.05) is 13.3 Å². The van der Waals surface area contributed by atoms with Crippen molar-refractivity contribution in [3.05, 3.63) is 22.0 Å². The van der Waals surface area contributed by atoms with Gasteiger partial charge in [-0.2, -0.15) is 5.10 Å². The van der Waals surface area contributed by atoms with Gasteiger partial charge in [-0.15, -0.1) is 0 Å². The maximum absolute atomic E-state index is 11.7. The van der Waals surface area contributed by atoms with Crippen LogP contribution < -0.4 is 5.32 Å². The smallest absolute Gasteiger partial charge is 0.319 e. The molecule has 100 valence electrons. The molecule has 0 aromatic carbocycles. The van der Waals surface area contributed by atoms with Crippen molar-refractivity contribution in [3.8, 4) is 0 Å². The van der Waals surface area contributed by atoms with Crippen LogP contribution in [0.2, 0.25) is 0 Å². The molecular formula is C10H16N4O4. The molecule has 0 saturated carbocycles. The summed E-state index contributed by atoms with van der Waals surface area (Å²) >= 11 is 0. The van der Waals surface area contributed by atoms with Crippen LogP contribution in [0.1, 0.15) is 30.3 Å². The molecule has 1 heterocycles. The van der Waals surface area contributed by atoms with Gasteiger partial charge in [-0.25, -0.2) is 0 Å². The Morgan fingerprint density at radius 3 is 3.00 bits per heavy atom. The predicted molar refractivity (Wildman–Crippen MR) is 63.1 cm³/mol. The number of aliphatic hydroxyl groups is 1. The molecule has 0 saturated heterocycles. The molecule has 3 N–H and O–H groups in total. The Balaban J connectivity index is 2.60. The first kappa shape index (κ1) is 14.1. The molecule has 18 heavy (non-hydrogen) atoms. The van der Waals surface area contributed by atoms with E-state index >= 15 is 0 Å². The molecule has 8 nitrogen and oxygen atoms in total.